The summed E-state index contributed by atoms with van der Waals surface area (Å²) >= 11 is 2.31. The van der Waals surface area contributed by atoms with E-state index in [1.165, 1.54) is 3.57 Å². The fourth-order valence-corrected chi connectivity index (χ4v) is 1.66. The normalized spacial score (nSPS) is 13.5. The van der Waals surface area contributed by atoms with Crippen LogP contribution in [0, 0.1) is 3.57 Å². The molecule has 0 aliphatic carbocycles. The third-order valence-corrected chi connectivity index (χ3v) is 3.27. The van der Waals surface area contributed by atoms with Crippen molar-refractivity contribution in [3.8, 4) is 0 Å². The minimum Gasteiger partial charge on any atom is -0.372 e. The van der Waals surface area contributed by atoms with Crippen LogP contribution in [-0.4, -0.2) is 15.9 Å². The zero-order valence-corrected chi connectivity index (χ0v) is 12.0. The molecule has 3 nitrogen and oxygen atoms in total. The summed E-state index contributed by atoms with van der Waals surface area (Å²) < 4.78 is 8.84. The van der Waals surface area contributed by atoms with Crippen LogP contribution >= 0.6 is 22.6 Å². The maximum atomic E-state index is 5.67. The summed E-state index contributed by atoms with van der Waals surface area (Å²) in [5, 5.41) is 4.50. The molecule has 1 atom stereocenters. The molecule has 15 heavy (non-hydrogen) atoms. The number of halogens is 1. The highest BCUT2D eigenvalue weighted by Gasteiger charge is 2.09. The van der Waals surface area contributed by atoms with Crippen LogP contribution in [0.15, 0.2) is 6.20 Å². The zero-order chi connectivity index (χ0) is 11.4. The lowest BCUT2D eigenvalue weighted by molar-refractivity contribution is 0.0482. The molecule has 0 saturated carbocycles. The molecule has 0 aliphatic rings. The largest absolute Gasteiger partial charge is 0.372 e. The lowest BCUT2D eigenvalue weighted by Crippen LogP contribution is -2.08. The number of aromatic nitrogens is 2. The Kier molecular flexibility index (Phi) is 5.05. The molecule has 0 N–H and O–H groups in total. The number of rotatable bonds is 5. The highest BCUT2D eigenvalue weighted by atomic mass is 127. The van der Waals surface area contributed by atoms with Crippen molar-refractivity contribution in [3.63, 3.8) is 0 Å². The molecule has 1 heterocycles. The van der Waals surface area contributed by atoms with Gasteiger partial charge in [-0.1, -0.05) is 6.92 Å². The standard InChI is InChI=1S/C11H19IN2O/c1-5-9(4)15-7-11-10(12)6-14(13-11)8(2)3/h6,8-9H,5,7H2,1-4H3/t9-/m1/s1. The second kappa shape index (κ2) is 5.84. The first-order chi connectivity index (χ1) is 7.04. The molecule has 0 aliphatic heterocycles. The van der Waals surface area contributed by atoms with Gasteiger partial charge in [0.25, 0.3) is 0 Å². The van der Waals surface area contributed by atoms with Crippen LogP contribution in [0.4, 0.5) is 0 Å². The van der Waals surface area contributed by atoms with Crippen LogP contribution in [0.3, 0.4) is 0 Å². The first kappa shape index (κ1) is 13.0. The molecule has 1 rings (SSSR count). The maximum absolute atomic E-state index is 5.67. The summed E-state index contributed by atoms with van der Waals surface area (Å²) in [7, 11) is 0. The van der Waals surface area contributed by atoms with E-state index in [2.05, 4.69) is 61.6 Å². The molecule has 0 spiro atoms. The van der Waals surface area contributed by atoms with E-state index in [0.29, 0.717) is 18.8 Å². The quantitative estimate of drug-likeness (QED) is 0.777. The summed E-state index contributed by atoms with van der Waals surface area (Å²) in [4.78, 5) is 0. The highest BCUT2D eigenvalue weighted by molar-refractivity contribution is 14.1. The highest BCUT2D eigenvalue weighted by Crippen LogP contribution is 2.15. The van der Waals surface area contributed by atoms with Crippen molar-refractivity contribution in [2.24, 2.45) is 0 Å². The van der Waals surface area contributed by atoms with Gasteiger partial charge in [0.2, 0.25) is 0 Å². The first-order valence-corrected chi connectivity index (χ1v) is 6.47. The molecule has 0 bridgehead atoms. The molecule has 1 aromatic heterocycles. The van der Waals surface area contributed by atoms with Crippen molar-refractivity contribution in [2.75, 3.05) is 0 Å². The molecule has 0 radical (unpaired) electrons. The van der Waals surface area contributed by atoms with E-state index in [0.717, 1.165) is 12.1 Å². The first-order valence-electron chi connectivity index (χ1n) is 5.39. The number of hydrogen-bond donors (Lipinski definition) is 0. The van der Waals surface area contributed by atoms with Crippen LogP contribution in [0.1, 0.15) is 45.9 Å². The molecule has 0 fully saturated rings. The molecule has 4 heteroatoms. The van der Waals surface area contributed by atoms with Gasteiger partial charge in [0, 0.05) is 12.2 Å². The van der Waals surface area contributed by atoms with E-state index >= 15 is 0 Å². The van der Waals surface area contributed by atoms with Crippen molar-refractivity contribution in [1.29, 1.82) is 0 Å². The van der Waals surface area contributed by atoms with Gasteiger partial charge in [0.05, 0.1) is 16.3 Å². The van der Waals surface area contributed by atoms with E-state index in [1.54, 1.807) is 0 Å². The van der Waals surface area contributed by atoms with Crippen LogP contribution < -0.4 is 0 Å². The summed E-state index contributed by atoms with van der Waals surface area (Å²) in [5.74, 6) is 0. The molecule has 0 unspecified atom stereocenters. The Hall–Kier alpha value is -0.100. The lowest BCUT2D eigenvalue weighted by atomic mass is 10.3. The van der Waals surface area contributed by atoms with Crippen LogP contribution in [0.2, 0.25) is 0 Å². The predicted molar refractivity (Wildman–Crippen MR) is 69.9 cm³/mol. The van der Waals surface area contributed by atoms with Crippen molar-refractivity contribution in [3.05, 3.63) is 15.5 Å². The Labute approximate surface area is 105 Å². The van der Waals surface area contributed by atoms with Crippen molar-refractivity contribution in [2.45, 2.75) is 52.9 Å². The average Bonchev–Trinajstić information content (AvgIpc) is 2.56. The monoisotopic (exact) mass is 322 g/mol. The van der Waals surface area contributed by atoms with Crippen molar-refractivity contribution in [1.82, 2.24) is 9.78 Å². The van der Waals surface area contributed by atoms with E-state index in [4.69, 9.17) is 4.74 Å². The minimum absolute atomic E-state index is 0.310. The Morgan fingerprint density at radius 2 is 2.13 bits per heavy atom. The second-order valence-electron chi connectivity index (χ2n) is 4.03. The van der Waals surface area contributed by atoms with Gasteiger partial charge in [-0.2, -0.15) is 5.10 Å². The molecular weight excluding hydrogens is 303 g/mol. The van der Waals surface area contributed by atoms with Crippen LogP contribution in [0.25, 0.3) is 0 Å². The summed E-state index contributed by atoms with van der Waals surface area (Å²) in [5.41, 5.74) is 1.05. The molecule has 0 aromatic carbocycles. The molecule has 0 saturated heterocycles. The van der Waals surface area contributed by atoms with E-state index in [9.17, 15) is 0 Å². The molecule has 1 aromatic rings. The SMILES string of the molecule is CC[C@@H](C)OCc1nn(C(C)C)cc1I. The van der Waals surface area contributed by atoms with Crippen LogP contribution in [0.5, 0.6) is 0 Å². The Morgan fingerprint density at radius 1 is 1.47 bits per heavy atom. The maximum Gasteiger partial charge on any atom is 0.101 e. The van der Waals surface area contributed by atoms with Gasteiger partial charge in [-0.15, -0.1) is 0 Å². The van der Waals surface area contributed by atoms with Gasteiger partial charge in [-0.25, -0.2) is 0 Å². The topological polar surface area (TPSA) is 27.1 Å². The van der Waals surface area contributed by atoms with Gasteiger partial charge in [-0.3, -0.25) is 4.68 Å². The third kappa shape index (κ3) is 3.75. The smallest absolute Gasteiger partial charge is 0.101 e. The fraction of sp³-hybridized carbons (Fsp3) is 0.727. The molecular formula is C11H19IN2O. The number of ether oxygens (including phenoxy) is 1. The summed E-state index contributed by atoms with van der Waals surface area (Å²) in [6.45, 7) is 9.09. The Morgan fingerprint density at radius 3 is 2.60 bits per heavy atom. The minimum atomic E-state index is 0.310. The van der Waals surface area contributed by atoms with Gasteiger partial charge in [0.15, 0.2) is 0 Å². The van der Waals surface area contributed by atoms with Crippen LogP contribution in [-0.2, 0) is 11.3 Å². The fourth-order valence-electron chi connectivity index (χ4n) is 1.11. The number of hydrogen-bond acceptors (Lipinski definition) is 2. The predicted octanol–water partition coefficient (Wildman–Crippen LogP) is 3.38. The van der Waals surface area contributed by atoms with Gasteiger partial charge in [0.1, 0.15) is 5.69 Å². The molecule has 86 valence electrons. The second-order valence-corrected chi connectivity index (χ2v) is 5.19. The van der Waals surface area contributed by atoms with E-state index < -0.39 is 0 Å². The van der Waals surface area contributed by atoms with Crippen molar-refractivity contribution >= 4 is 22.6 Å². The average molecular weight is 322 g/mol. The summed E-state index contributed by atoms with van der Waals surface area (Å²) in [6.07, 6.45) is 3.42. The van der Waals surface area contributed by atoms with Gasteiger partial charge in [-0.05, 0) is 49.8 Å². The third-order valence-electron chi connectivity index (χ3n) is 2.37. The lowest BCUT2D eigenvalue weighted by Gasteiger charge is -2.09. The van der Waals surface area contributed by atoms with E-state index in [1.807, 2.05) is 4.68 Å². The van der Waals surface area contributed by atoms with Crippen molar-refractivity contribution < 1.29 is 4.74 Å². The number of nitrogens with zero attached hydrogens (tertiary/aromatic N) is 2. The van der Waals surface area contributed by atoms with Gasteiger partial charge >= 0.3 is 0 Å². The Balaban J connectivity index is 2.61. The van der Waals surface area contributed by atoms with Gasteiger partial charge < -0.3 is 4.74 Å². The van der Waals surface area contributed by atoms with E-state index in [-0.39, 0.29) is 0 Å². The zero-order valence-electron chi connectivity index (χ0n) is 9.83. The summed E-state index contributed by atoms with van der Waals surface area (Å²) in [6, 6.07) is 0.413. The Bertz CT molecular complexity index is 310. The molecule has 0 amide bonds.